The highest BCUT2D eigenvalue weighted by Crippen LogP contribution is 2.16. The maximum absolute atomic E-state index is 5.86. The van der Waals surface area contributed by atoms with Crippen LogP contribution in [0, 0.1) is 6.92 Å². The Labute approximate surface area is 115 Å². The number of benzene rings is 1. The Morgan fingerprint density at radius 1 is 1.16 bits per heavy atom. The maximum atomic E-state index is 5.86. The average Bonchev–Trinajstić information content (AvgIpc) is 2.71. The Balaban J connectivity index is 1.95. The molecule has 0 fully saturated rings. The van der Waals surface area contributed by atoms with E-state index >= 15 is 0 Å². The van der Waals surface area contributed by atoms with Crippen LogP contribution in [-0.2, 0) is 19.6 Å². The number of hydrogen-bond donors (Lipinski definition) is 1. The first-order valence-electron chi connectivity index (χ1n) is 6.64. The summed E-state index contributed by atoms with van der Waals surface area (Å²) in [5.74, 6) is 2.06. The van der Waals surface area contributed by atoms with Crippen LogP contribution in [0.15, 0.2) is 40.8 Å². The molecule has 0 saturated heterocycles. The Bertz CT molecular complexity index is 505. The minimum atomic E-state index is 0.786. The molecule has 0 spiro atoms. The van der Waals surface area contributed by atoms with Crippen LogP contribution in [0.5, 0.6) is 0 Å². The van der Waals surface area contributed by atoms with Crippen molar-refractivity contribution in [2.24, 2.45) is 0 Å². The third-order valence-electron chi connectivity index (χ3n) is 3.13. The molecular formula is C16H22N2O. The van der Waals surface area contributed by atoms with Gasteiger partial charge in [-0.05, 0) is 38.2 Å². The maximum Gasteiger partial charge on any atom is 0.120 e. The molecule has 3 heteroatoms. The number of furan rings is 1. The summed E-state index contributed by atoms with van der Waals surface area (Å²) in [6, 6.07) is 12.6. The molecule has 0 aliphatic heterocycles. The van der Waals surface area contributed by atoms with Crippen molar-refractivity contribution in [3.8, 4) is 0 Å². The minimum Gasteiger partial charge on any atom is -0.463 e. The Morgan fingerprint density at radius 3 is 2.58 bits per heavy atom. The zero-order valence-electron chi connectivity index (χ0n) is 11.9. The van der Waals surface area contributed by atoms with Gasteiger partial charge < -0.3 is 9.73 Å². The van der Waals surface area contributed by atoms with Crippen molar-refractivity contribution in [2.45, 2.75) is 26.6 Å². The molecule has 2 aromatic rings. The van der Waals surface area contributed by atoms with E-state index in [0.717, 1.165) is 31.2 Å². The van der Waals surface area contributed by atoms with Crippen molar-refractivity contribution in [1.29, 1.82) is 0 Å². The lowest BCUT2D eigenvalue weighted by Gasteiger charge is -2.15. The molecule has 0 atom stereocenters. The largest absolute Gasteiger partial charge is 0.463 e. The summed E-state index contributed by atoms with van der Waals surface area (Å²) in [4.78, 5) is 2.26. The van der Waals surface area contributed by atoms with Crippen LogP contribution in [0.4, 0.5) is 0 Å². The van der Waals surface area contributed by atoms with Gasteiger partial charge >= 0.3 is 0 Å². The lowest BCUT2D eigenvalue weighted by atomic mass is 10.2. The molecule has 0 amide bonds. The third-order valence-corrected chi connectivity index (χ3v) is 3.13. The second-order valence-electron chi connectivity index (χ2n) is 5.01. The fourth-order valence-electron chi connectivity index (χ4n) is 2.22. The first-order valence-corrected chi connectivity index (χ1v) is 6.64. The minimum absolute atomic E-state index is 0.786. The molecule has 0 aliphatic rings. The highest BCUT2D eigenvalue weighted by Gasteiger charge is 2.09. The first-order chi connectivity index (χ1) is 9.19. The molecule has 1 heterocycles. The number of rotatable bonds is 6. The van der Waals surface area contributed by atoms with Crippen molar-refractivity contribution >= 4 is 0 Å². The van der Waals surface area contributed by atoms with Crippen molar-refractivity contribution in [1.82, 2.24) is 10.2 Å². The lowest BCUT2D eigenvalue weighted by Crippen LogP contribution is -2.16. The van der Waals surface area contributed by atoms with Crippen LogP contribution in [0.25, 0.3) is 0 Å². The fraction of sp³-hybridized carbons (Fsp3) is 0.375. The van der Waals surface area contributed by atoms with E-state index in [1.807, 2.05) is 13.1 Å². The zero-order chi connectivity index (χ0) is 13.7. The number of aryl methyl sites for hydroxylation is 1. The quantitative estimate of drug-likeness (QED) is 0.863. The molecular weight excluding hydrogens is 236 g/mol. The summed E-state index contributed by atoms with van der Waals surface area (Å²) in [7, 11) is 4.05. The van der Waals surface area contributed by atoms with Gasteiger partial charge in [0.15, 0.2) is 0 Å². The fourth-order valence-corrected chi connectivity index (χ4v) is 2.22. The summed E-state index contributed by atoms with van der Waals surface area (Å²) in [6.45, 7) is 4.65. The Kier molecular flexibility index (Phi) is 4.77. The smallest absolute Gasteiger partial charge is 0.120 e. The average molecular weight is 258 g/mol. The predicted molar refractivity (Wildman–Crippen MR) is 77.8 cm³/mol. The zero-order valence-corrected chi connectivity index (χ0v) is 11.9. The van der Waals surface area contributed by atoms with Crippen LogP contribution < -0.4 is 5.32 Å². The Morgan fingerprint density at radius 2 is 1.89 bits per heavy atom. The highest BCUT2D eigenvalue weighted by atomic mass is 16.3. The first kappa shape index (κ1) is 13.8. The molecule has 0 aliphatic carbocycles. The summed E-state index contributed by atoms with van der Waals surface area (Å²) in [5.41, 5.74) is 2.54. The van der Waals surface area contributed by atoms with Crippen LogP contribution in [0.1, 0.15) is 22.6 Å². The van der Waals surface area contributed by atoms with Gasteiger partial charge in [0.25, 0.3) is 0 Å². The van der Waals surface area contributed by atoms with E-state index < -0.39 is 0 Å². The number of nitrogens with one attached hydrogen (secondary N) is 1. The van der Waals surface area contributed by atoms with Gasteiger partial charge in [0.1, 0.15) is 11.5 Å². The van der Waals surface area contributed by atoms with Gasteiger partial charge in [0.2, 0.25) is 0 Å². The predicted octanol–water partition coefficient (Wildman–Crippen LogP) is 2.94. The molecule has 102 valence electrons. The molecule has 1 N–H and O–H groups in total. The standard InChI is InChI=1S/C16H22N2O/c1-13-9-15(19-16(13)10-17-2)12-18(3)11-14-7-5-4-6-8-14/h4-9,17H,10-12H2,1-3H3. The number of hydrogen-bond acceptors (Lipinski definition) is 3. The second kappa shape index (κ2) is 6.55. The van der Waals surface area contributed by atoms with Gasteiger partial charge in [0.05, 0.1) is 13.1 Å². The van der Waals surface area contributed by atoms with Crippen molar-refractivity contribution in [3.63, 3.8) is 0 Å². The van der Waals surface area contributed by atoms with E-state index in [-0.39, 0.29) is 0 Å². The van der Waals surface area contributed by atoms with Crippen molar-refractivity contribution in [2.75, 3.05) is 14.1 Å². The van der Waals surface area contributed by atoms with Gasteiger partial charge in [-0.3, -0.25) is 4.90 Å². The van der Waals surface area contributed by atoms with E-state index in [1.54, 1.807) is 0 Å². The van der Waals surface area contributed by atoms with Crippen LogP contribution >= 0.6 is 0 Å². The molecule has 3 nitrogen and oxygen atoms in total. The third kappa shape index (κ3) is 3.94. The molecule has 1 aromatic heterocycles. The van der Waals surface area contributed by atoms with E-state index in [2.05, 4.69) is 54.5 Å². The van der Waals surface area contributed by atoms with Gasteiger partial charge in [0, 0.05) is 6.54 Å². The summed E-state index contributed by atoms with van der Waals surface area (Å²) < 4.78 is 5.86. The van der Waals surface area contributed by atoms with Gasteiger partial charge in [-0.25, -0.2) is 0 Å². The Hall–Kier alpha value is -1.58. The van der Waals surface area contributed by atoms with Crippen LogP contribution in [-0.4, -0.2) is 19.0 Å². The SMILES string of the molecule is CNCc1oc(CN(C)Cc2ccccc2)cc1C. The second-order valence-corrected chi connectivity index (χ2v) is 5.01. The van der Waals surface area contributed by atoms with Crippen molar-refractivity contribution in [3.05, 3.63) is 59.0 Å². The van der Waals surface area contributed by atoms with Crippen LogP contribution in [0.3, 0.4) is 0 Å². The molecule has 19 heavy (non-hydrogen) atoms. The highest BCUT2D eigenvalue weighted by molar-refractivity contribution is 5.20. The van der Waals surface area contributed by atoms with E-state index in [9.17, 15) is 0 Å². The van der Waals surface area contributed by atoms with Gasteiger partial charge in [-0.1, -0.05) is 30.3 Å². The van der Waals surface area contributed by atoms with E-state index in [1.165, 1.54) is 11.1 Å². The summed E-state index contributed by atoms with van der Waals surface area (Å²) >= 11 is 0. The van der Waals surface area contributed by atoms with Crippen molar-refractivity contribution < 1.29 is 4.42 Å². The molecule has 0 unspecified atom stereocenters. The molecule has 0 saturated carbocycles. The molecule has 0 radical (unpaired) electrons. The lowest BCUT2D eigenvalue weighted by molar-refractivity contribution is 0.283. The monoisotopic (exact) mass is 258 g/mol. The summed E-state index contributed by atoms with van der Waals surface area (Å²) in [5, 5.41) is 3.12. The molecule has 2 rings (SSSR count). The normalized spacial score (nSPS) is 11.2. The molecule has 0 bridgehead atoms. The van der Waals surface area contributed by atoms with E-state index in [0.29, 0.717) is 0 Å². The van der Waals surface area contributed by atoms with Gasteiger partial charge in [-0.15, -0.1) is 0 Å². The molecule has 1 aromatic carbocycles. The topological polar surface area (TPSA) is 28.4 Å². The van der Waals surface area contributed by atoms with E-state index in [4.69, 9.17) is 4.42 Å². The van der Waals surface area contributed by atoms with Crippen LogP contribution in [0.2, 0.25) is 0 Å². The number of nitrogens with zero attached hydrogens (tertiary/aromatic N) is 1. The van der Waals surface area contributed by atoms with Gasteiger partial charge in [-0.2, -0.15) is 0 Å². The summed E-state index contributed by atoms with van der Waals surface area (Å²) in [6.07, 6.45) is 0.